The molecule has 0 saturated carbocycles. The first-order valence-corrected chi connectivity index (χ1v) is 7.15. The van der Waals surface area contributed by atoms with Gasteiger partial charge in [0.05, 0.1) is 0 Å². The number of nitroso groups, excluding NO2 is 1. The maximum atomic E-state index is 11.3. The van der Waals surface area contributed by atoms with Crippen LogP contribution in [0.4, 0.5) is 5.82 Å². The Hall–Kier alpha value is -2.49. The van der Waals surface area contributed by atoms with E-state index in [1.165, 1.54) is 5.56 Å². The fourth-order valence-electron chi connectivity index (χ4n) is 2.63. The highest BCUT2D eigenvalue weighted by Gasteiger charge is 2.15. The molecule has 0 radical (unpaired) electrons. The van der Waals surface area contributed by atoms with Crippen molar-refractivity contribution >= 4 is 11.5 Å². The van der Waals surface area contributed by atoms with Gasteiger partial charge in [-0.15, -0.1) is 4.91 Å². The number of hydrogen-bond donors (Lipinski definition) is 0. The molecule has 0 unspecified atom stereocenters. The van der Waals surface area contributed by atoms with Gasteiger partial charge in [-0.05, 0) is 36.2 Å². The van der Waals surface area contributed by atoms with Gasteiger partial charge in [-0.25, -0.2) is 4.98 Å². The number of imidazole rings is 1. The molecule has 0 spiro atoms. The summed E-state index contributed by atoms with van der Waals surface area (Å²) in [5.74, 6) is 0.367. The van der Waals surface area contributed by atoms with Crippen LogP contribution in [0.1, 0.15) is 24.6 Å². The van der Waals surface area contributed by atoms with E-state index in [0.717, 1.165) is 29.7 Å². The molecular weight excluding hydrogens is 262 g/mol. The maximum absolute atomic E-state index is 11.3. The Labute approximate surface area is 123 Å². The highest BCUT2D eigenvalue weighted by molar-refractivity contribution is 5.75. The van der Waals surface area contributed by atoms with Crippen molar-refractivity contribution in [3.63, 3.8) is 0 Å². The minimum atomic E-state index is 0.367. The molecule has 106 valence electrons. The van der Waals surface area contributed by atoms with E-state index in [2.05, 4.69) is 29.2 Å². The number of aryl methyl sites for hydroxylation is 2. The van der Waals surface area contributed by atoms with Crippen LogP contribution in [0, 0.1) is 11.8 Å². The third-order valence-electron chi connectivity index (χ3n) is 3.67. The van der Waals surface area contributed by atoms with Gasteiger partial charge in [0.15, 0.2) is 0 Å². The minimum Gasteiger partial charge on any atom is -0.278 e. The van der Waals surface area contributed by atoms with Gasteiger partial charge in [-0.3, -0.25) is 4.40 Å². The molecule has 0 aliphatic heterocycles. The van der Waals surface area contributed by atoms with E-state index in [4.69, 9.17) is 0 Å². The average molecular weight is 279 g/mol. The number of benzene rings is 1. The van der Waals surface area contributed by atoms with Crippen molar-refractivity contribution in [2.24, 2.45) is 5.18 Å². The highest BCUT2D eigenvalue weighted by Crippen LogP contribution is 2.31. The molecule has 2 heterocycles. The zero-order valence-corrected chi connectivity index (χ0v) is 12.2. The topological polar surface area (TPSA) is 46.7 Å². The summed E-state index contributed by atoms with van der Waals surface area (Å²) in [4.78, 5) is 15.8. The van der Waals surface area contributed by atoms with Crippen molar-refractivity contribution in [1.82, 2.24) is 9.38 Å². The van der Waals surface area contributed by atoms with E-state index in [-0.39, 0.29) is 0 Å². The van der Waals surface area contributed by atoms with Crippen molar-refractivity contribution in [2.45, 2.75) is 26.7 Å². The lowest BCUT2D eigenvalue weighted by atomic mass is 10.1. The molecule has 0 aliphatic carbocycles. The van der Waals surface area contributed by atoms with Crippen LogP contribution < -0.4 is 0 Å². The second kappa shape index (κ2) is 5.48. The fraction of sp³-hybridized carbons (Fsp3) is 0.235. The Kier molecular flexibility index (Phi) is 3.52. The second-order valence-corrected chi connectivity index (χ2v) is 5.18. The molecule has 3 rings (SSSR count). The van der Waals surface area contributed by atoms with Crippen LogP contribution in [0.15, 0.2) is 47.6 Å². The monoisotopic (exact) mass is 279 g/mol. The molecule has 2 aromatic heterocycles. The minimum absolute atomic E-state index is 0.367. The second-order valence-electron chi connectivity index (χ2n) is 5.18. The van der Waals surface area contributed by atoms with E-state index in [9.17, 15) is 4.91 Å². The molecular formula is C17H17N3O. The smallest absolute Gasteiger partial charge is 0.209 e. The summed E-state index contributed by atoms with van der Waals surface area (Å²) < 4.78 is 1.79. The van der Waals surface area contributed by atoms with Crippen molar-refractivity contribution in [1.29, 1.82) is 0 Å². The lowest BCUT2D eigenvalue weighted by Gasteiger charge is -2.02. The third-order valence-corrected chi connectivity index (χ3v) is 3.67. The number of nitrogens with zero attached hydrogens (tertiary/aromatic N) is 3. The summed E-state index contributed by atoms with van der Waals surface area (Å²) in [6.45, 7) is 4.10. The Balaban J connectivity index is 2.15. The first-order chi connectivity index (χ1) is 10.2. The largest absolute Gasteiger partial charge is 0.278 e. The van der Waals surface area contributed by atoms with E-state index >= 15 is 0 Å². The molecule has 0 saturated heterocycles. The Morgan fingerprint density at radius 1 is 1.14 bits per heavy atom. The molecule has 0 fully saturated rings. The Morgan fingerprint density at radius 3 is 2.57 bits per heavy atom. The number of aromatic nitrogens is 2. The van der Waals surface area contributed by atoms with E-state index in [1.807, 2.05) is 37.3 Å². The maximum Gasteiger partial charge on any atom is 0.209 e. The van der Waals surface area contributed by atoms with Gasteiger partial charge >= 0.3 is 0 Å². The van der Waals surface area contributed by atoms with Gasteiger partial charge in [-0.2, -0.15) is 0 Å². The van der Waals surface area contributed by atoms with Crippen LogP contribution in [0.5, 0.6) is 0 Å². The molecule has 0 bridgehead atoms. The molecule has 4 heteroatoms. The molecule has 0 amide bonds. The fourth-order valence-corrected chi connectivity index (χ4v) is 2.63. The molecule has 3 aromatic rings. The summed E-state index contributed by atoms with van der Waals surface area (Å²) in [7, 11) is 0. The van der Waals surface area contributed by atoms with Crippen LogP contribution in [0.25, 0.3) is 16.9 Å². The molecule has 0 aliphatic rings. The zero-order chi connectivity index (χ0) is 14.8. The van der Waals surface area contributed by atoms with Gasteiger partial charge in [0, 0.05) is 11.3 Å². The summed E-state index contributed by atoms with van der Waals surface area (Å²) >= 11 is 0. The number of fused-ring (bicyclic) bond motifs is 1. The normalized spacial score (nSPS) is 11.0. The number of rotatable bonds is 4. The molecule has 0 N–H and O–H groups in total. The SMILES string of the molecule is CCCc1ccc(-c2nc3cccc(C)n3c2N=O)cc1. The molecule has 4 nitrogen and oxygen atoms in total. The van der Waals surface area contributed by atoms with Crippen LogP contribution >= 0.6 is 0 Å². The summed E-state index contributed by atoms with van der Waals surface area (Å²) in [5, 5.41) is 3.21. The van der Waals surface area contributed by atoms with E-state index in [1.54, 1.807) is 4.40 Å². The standard InChI is InChI=1S/C17H17N3O/c1-3-5-13-8-10-14(11-9-13)16-17(19-21)20-12(2)6-4-7-15(20)18-16/h4,6-11H,3,5H2,1-2H3. The lowest BCUT2D eigenvalue weighted by molar-refractivity contribution is 0.922. The van der Waals surface area contributed by atoms with Crippen LogP contribution in [0.3, 0.4) is 0 Å². The first-order valence-electron chi connectivity index (χ1n) is 7.15. The summed E-state index contributed by atoms with van der Waals surface area (Å²) in [6.07, 6.45) is 2.18. The predicted octanol–water partition coefficient (Wildman–Crippen LogP) is 4.66. The van der Waals surface area contributed by atoms with Crippen LogP contribution in [0.2, 0.25) is 0 Å². The van der Waals surface area contributed by atoms with Gasteiger partial charge in [0.2, 0.25) is 5.82 Å². The molecule has 1 aromatic carbocycles. The van der Waals surface area contributed by atoms with E-state index < -0.39 is 0 Å². The zero-order valence-electron chi connectivity index (χ0n) is 12.2. The summed E-state index contributed by atoms with van der Waals surface area (Å²) in [6, 6.07) is 14.0. The van der Waals surface area contributed by atoms with Gasteiger partial charge < -0.3 is 0 Å². The van der Waals surface area contributed by atoms with Crippen molar-refractivity contribution < 1.29 is 0 Å². The quantitative estimate of drug-likeness (QED) is 0.652. The predicted molar refractivity (Wildman–Crippen MR) is 84.8 cm³/mol. The van der Waals surface area contributed by atoms with Gasteiger partial charge in [0.25, 0.3) is 0 Å². The lowest BCUT2D eigenvalue weighted by Crippen LogP contribution is -1.88. The molecule has 0 atom stereocenters. The average Bonchev–Trinajstić information content (AvgIpc) is 2.88. The first kappa shape index (κ1) is 13.5. The molecule has 21 heavy (non-hydrogen) atoms. The number of hydrogen-bond acceptors (Lipinski definition) is 3. The highest BCUT2D eigenvalue weighted by atomic mass is 16.3. The van der Waals surface area contributed by atoms with Gasteiger partial charge in [-0.1, -0.05) is 43.7 Å². The van der Waals surface area contributed by atoms with Crippen molar-refractivity contribution in [2.75, 3.05) is 0 Å². The van der Waals surface area contributed by atoms with E-state index in [0.29, 0.717) is 11.5 Å². The Morgan fingerprint density at radius 2 is 1.90 bits per heavy atom. The van der Waals surface area contributed by atoms with Crippen LogP contribution in [-0.2, 0) is 6.42 Å². The third kappa shape index (κ3) is 2.33. The summed E-state index contributed by atoms with van der Waals surface area (Å²) in [5.41, 5.74) is 4.55. The number of pyridine rings is 1. The van der Waals surface area contributed by atoms with Crippen molar-refractivity contribution in [3.8, 4) is 11.3 Å². The van der Waals surface area contributed by atoms with Gasteiger partial charge in [0.1, 0.15) is 11.3 Å². The van der Waals surface area contributed by atoms with Crippen molar-refractivity contribution in [3.05, 3.63) is 58.6 Å². The van der Waals surface area contributed by atoms with Crippen LogP contribution in [-0.4, -0.2) is 9.38 Å². The Bertz CT molecular complexity index is 788.